The number of carbonyl (C=O) groups excluding carboxylic acids is 1. The van der Waals surface area contributed by atoms with Crippen molar-refractivity contribution < 1.29 is 24.1 Å². The minimum Gasteiger partial charge on any atom is -0.508 e. The smallest absolute Gasteiger partial charge is 0.309 e. The third kappa shape index (κ3) is 2.89. The van der Waals surface area contributed by atoms with Crippen molar-refractivity contribution in [3.8, 4) is 17.2 Å². The normalized spacial score (nSPS) is 21.8. The zero-order valence-corrected chi connectivity index (χ0v) is 13.1. The maximum Gasteiger partial charge on any atom is 0.309 e. The van der Waals surface area contributed by atoms with Crippen LogP contribution in [0.5, 0.6) is 17.2 Å². The van der Waals surface area contributed by atoms with Gasteiger partial charge < -0.3 is 19.3 Å². The topological polar surface area (TPSA) is 65.0 Å². The Morgan fingerprint density at radius 2 is 1.79 bits per heavy atom. The molecule has 2 aromatic rings. The molecule has 0 amide bonds. The zero-order chi connectivity index (χ0) is 16.5. The highest BCUT2D eigenvalue weighted by Crippen LogP contribution is 2.35. The molecule has 0 aromatic heterocycles. The van der Waals surface area contributed by atoms with Crippen LogP contribution in [0, 0.1) is 11.8 Å². The first-order chi connectivity index (χ1) is 11.7. The fraction of sp³-hybridized carbons (Fsp3) is 0.316. The van der Waals surface area contributed by atoms with E-state index in [1.54, 1.807) is 18.2 Å². The number of hydrogen-bond acceptors (Lipinski definition) is 5. The number of phenolic OH excluding ortho intramolecular Hbond substituents is 1. The van der Waals surface area contributed by atoms with Crippen LogP contribution < -0.4 is 9.47 Å². The molecule has 24 heavy (non-hydrogen) atoms. The minimum atomic E-state index is -0.197. The zero-order valence-electron chi connectivity index (χ0n) is 13.1. The number of esters is 1. The molecule has 0 radical (unpaired) electrons. The highest BCUT2D eigenvalue weighted by molar-refractivity contribution is 5.75. The van der Waals surface area contributed by atoms with Crippen LogP contribution >= 0.6 is 0 Å². The Kier molecular flexibility index (Phi) is 3.76. The summed E-state index contributed by atoms with van der Waals surface area (Å²) in [4.78, 5) is 12.1. The van der Waals surface area contributed by atoms with Crippen molar-refractivity contribution in [2.75, 3.05) is 13.4 Å². The number of cyclic esters (lactones) is 1. The van der Waals surface area contributed by atoms with E-state index in [-0.39, 0.29) is 30.3 Å². The van der Waals surface area contributed by atoms with E-state index in [1.807, 2.05) is 24.3 Å². The molecule has 0 aliphatic carbocycles. The van der Waals surface area contributed by atoms with E-state index in [4.69, 9.17) is 14.2 Å². The van der Waals surface area contributed by atoms with Crippen LogP contribution in [0.25, 0.3) is 0 Å². The molecule has 2 aromatic carbocycles. The van der Waals surface area contributed by atoms with Gasteiger partial charge in [0.1, 0.15) is 5.75 Å². The summed E-state index contributed by atoms with van der Waals surface area (Å²) in [6.45, 7) is 0.681. The molecular formula is C19H18O5. The molecule has 2 atom stereocenters. The summed E-state index contributed by atoms with van der Waals surface area (Å²) in [6.07, 6.45) is 1.31. The predicted molar refractivity (Wildman–Crippen MR) is 86.0 cm³/mol. The summed E-state index contributed by atoms with van der Waals surface area (Å²) in [6, 6.07) is 12.9. The number of phenols is 1. The summed E-state index contributed by atoms with van der Waals surface area (Å²) >= 11 is 0. The maximum absolute atomic E-state index is 12.1. The van der Waals surface area contributed by atoms with Gasteiger partial charge in [-0.1, -0.05) is 18.2 Å². The Morgan fingerprint density at radius 1 is 0.958 bits per heavy atom. The molecule has 1 N–H and O–H groups in total. The van der Waals surface area contributed by atoms with Crippen molar-refractivity contribution in [2.24, 2.45) is 11.8 Å². The second kappa shape index (κ2) is 6.07. The predicted octanol–water partition coefficient (Wildman–Crippen LogP) is 2.70. The number of ether oxygens (including phenoxy) is 3. The number of carbonyl (C=O) groups is 1. The average Bonchev–Trinajstić information content (AvgIpc) is 3.16. The van der Waals surface area contributed by atoms with Gasteiger partial charge in [0.2, 0.25) is 6.79 Å². The lowest BCUT2D eigenvalue weighted by atomic mass is 9.85. The first kappa shape index (κ1) is 14.9. The van der Waals surface area contributed by atoms with E-state index in [0.717, 1.165) is 29.0 Å². The highest BCUT2D eigenvalue weighted by atomic mass is 16.7. The molecule has 0 spiro atoms. The van der Waals surface area contributed by atoms with E-state index < -0.39 is 0 Å². The summed E-state index contributed by atoms with van der Waals surface area (Å²) in [5, 5.41) is 9.60. The molecule has 5 heteroatoms. The lowest BCUT2D eigenvalue weighted by Crippen LogP contribution is -2.20. The number of rotatable bonds is 4. The molecule has 0 saturated carbocycles. The minimum absolute atomic E-state index is 0.111. The monoisotopic (exact) mass is 326 g/mol. The maximum atomic E-state index is 12.1. The Bertz CT molecular complexity index is 770. The van der Waals surface area contributed by atoms with Gasteiger partial charge >= 0.3 is 5.97 Å². The number of hydrogen-bond donors (Lipinski definition) is 1. The average molecular weight is 326 g/mol. The Hall–Kier alpha value is -2.69. The van der Waals surface area contributed by atoms with Gasteiger partial charge in [-0.05, 0) is 48.2 Å². The van der Waals surface area contributed by atoms with Gasteiger partial charge in [-0.15, -0.1) is 0 Å². The van der Waals surface area contributed by atoms with Crippen LogP contribution in [0.3, 0.4) is 0 Å². The number of fused-ring (bicyclic) bond motifs is 1. The third-order valence-corrected chi connectivity index (χ3v) is 4.61. The molecule has 5 nitrogen and oxygen atoms in total. The summed E-state index contributed by atoms with van der Waals surface area (Å²) in [5.74, 6) is 1.48. The second-order valence-electron chi connectivity index (χ2n) is 6.26. The van der Waals surface area contributed by atoms with Crippen molar-refractivity contribution >= 4 is 5.97 Å². The Labute approximate surface area is 139 Å². The van der Waals surface area contributed by atoms with Crippen molar-refractivity contribution in [3.05, 3.63) is 53.6 Å². The summed E-state index contributed by atoms with van der Waals surface area (Å²) in [7, 11) is 0. The van der Waals surface area contributed by atoms with Crippen molar-refractivity contribution in [2.45, 2.75) is 12.8 Å². The fourth-order valence-corrected chi connectivity index (χ4v) is 3.36. The number of aromatic hydroxyl groups is 1. The second-order valence-corrected chi connectivity index (χ2v) is 6.26. The van der Waals surface area contributed by atoms with Crippen LogP contribution in [0.15, 0.2) is 42.5 Å². The van der Waals surface area contributed by atoms with Crippen LogP contribution in [-0.4, -0.2) is 24.5 Å². The van der Waals surface area contributed by atoms with Crippen molar-refractivity contribution in [3.63, 3.8) is 0 Å². The van der Waals surface area contributed by atoms with E-state index in [2.05, 4.69) is 0 Å². The fourth-order valence-electron chi connectivity index (χ4n) is 3.36. The molecule has 1 unspecified atom stereocenters. The van der Waals surface area contributed by atoms with Crippen molar-refractivity contribution in [1.29, 1.82) is 0 Å². The SMILES string of the molecule is O=C1OCC(Cc2ccc3c(c2)OCO3)[C@H]1Cc1cccc(O)c1. The van der Waals surface area contributed by atoms with Gasteiger partial charge in [-0.2, -0.15) is 0 Å². The lowest BCUT2D eigenvalue weighted by molar-refractivity contribution is -0.141. The summed E-state index contributed by atoms with van der Waals surface area (Å²) in [5.41, 5.74) is 2.04. The Morgan fingerprint density at radius 3 is 2.67 bits per heavy atom. The van der Waals surface area contributed by atoms with E-state index >= 15 is 0 Å². The first-order valence-electron chi connectivity index (χ1n) is 8.02. The van der Waals surface area contributed by atoms with E-state index in [0.29, 0.717) is 13.0 Å². The molecule has 0 bridgehead atoms. The standard InChI is InChI=1S/C19H18O5/c20-15-3-1-2-12(7-15)8-16-14(10-22-19(16)21)6-13-4-5-17-18(9-13)24-11-23-17/h1-5,7,9,14,16,20H,6,8,10-11H2/t14?,16-/m1/s1. The van der Waals surface area contributed by atoms with Gasteiger partial charge in [0.05, 0.1) is 12.5 Å². The quantitative estimate of drug-likeness (QED) is 0.875. The third-order valence-electron chi connectivity index (χ3n) is 4.61. The molecule has 124 valence electrons. The first-order valence-corrected chi connectivity index (χ1v) is 8.02. The van der Waals surface area contributed by atoms with Gasteiger partial charge in [-0.25, -0.2) is 0 Å². The van der Waals surface area contributed by atoms with Crippen LogP contribution in [0.4, 0.5) is 0 Å². The van der Waals surface area contributed by atoms with Crippen LogP contribution in [0.2, 0.25) is 0 Å². The molecular weight excluding hydrogens is 308 g/mol. The number of benzene rings is 2. The van der Waals surface area contributed by atoms with Gasteiger partial charge in [0.15, 0.2) is 11.5 Å². The van der Waals surface area contributed by atoms with Gasteiger partial charge in [0.25, 0.3) is 0 Å². The molecule has 2 heterocycles. The molecule has 2 aliphatic heterocycles. The van der Waals surface area contributed by atoms with Crippen molar-refractivity contribution in [1.82, 2.24) is 0 Å². The Balaban J connectivity index is 1.50. The highest BCUT2D eigenvalue weighted by Gasteiger charge is 2.37. The molecule has 2 aliphatic rings. The van der Waals surface area contributed by atoms with E-state index in [1.165, 1.54) is 0 Å². The molecule has 1 saturated heterocycles. The van der Waals surface area contributed by atoms with Crippen LogP contribution in [0.1, 0.15) is 11.1 Å². The molecule has 1 fully saturated rings. The lowest BCUT2D eigenvalue weighted by Gasteiger charge is -2.15. The molecule has 4 rings (SSSR count). The van der Waals surface area contributed by atoms with E-state index in [9.17, 15) is 9.90 Å². The van der Waals surface area contributed by atoms with Crippen LogP contribution in [-0.2, 0) is 22.4 Å². The summed E-state index contributed by atoms with van der Waals surface area (Å²) < 4.78 is 16.0. The van der Waals surface area contributed by atoms with Gasteiger partial charge in [0, 0.05) is 5.92 Å². The largest absolute Gasteiger partial charge is 0.508 e. The van der Waals surface area contributed by atoms with Gasteiger partial charge in [-0.3, -0.25) is 4.79 Å².